The number of benzene rings is 2. The first-order valence-corrected chi connectivity index (χ1v) is 15.0. The maximum absolute atomic E-state index is 13.7. The van der Waals surface area contributed by atoms with E-state index >= 15 is 0 Å². The third-order valence-electron chi connectivity index (χ3n) is 6.67. The fourth-order valence-electron chi connectivity index (χ4n) is 4.59. The summed E-state index contributed by atoms with van der Waals surface area (Å²) < 4.78 is 12.9. The van der Waals surface area contributed by atoms with E-state index in [9.17, 15) is 9.59 Å². The largest absolute Gasteiger partial charge is 0.480 e. The first-order valence-electron chi connectivity index (χ1n) is 13.8. The molecule has 10 heteroatoms. The molecule has 0 bridgehead atoms. The van der Waals surface area contributed by atoms with Gasteiger partial charge >= 0.3 is 7.12 Å². The lowest BCUT2D eigenvalue weighted by Gasteiger charge is -2.32. The van der Waals surface area contributed by atoms with Gasteiger partial charge in [-0.1, -0.05) is 69.1 Å². The molecular formula is C29H40BBrClN3O4. The van der Waals surface area contributed by atoms with Crippen molar-refractivity contribution in [3.63, 3.8) is 0 Å². The molecule has 1 heterocycles. The predicted octanol–water partition coefficient (Wildman–Crippen LogP) is 5.15. The van der Waals surface area contributed by atoms with Crippen LogP contribution in [0.3, 0.4) is 0 Å². The summed E-state index contributed by atoms with van der Waals surface area (Å²) >= 11 is 9.56. The Morgan fingerprint density at radius 2 is 1.77 bits per heavy atom. The minimum Gasteiger partial charge on any atom is -0.408 e. The zero-order valence-electron chi connectivity index (χ0n) is 23.1. The van der Waals surface area contributed by atoms with E-state index in [-0.39, 0.29) is 17.8 Å². The summed E-state index contributed by atoms with van der Waals surface area (Å²) in [6, 6.07) is 13.8. The van der Waals surface area contributed by atoms with Gasteiger partial charge in [-0.2, -0.15) is 0 Å². The molecule has 0 spiro atoms. The molecule has 2 aromatic carbocycles. The predicted molar refractivity (Wildman–Crippen MR) is 161 cm³/mol. The van der Waals surface area contributed by atoms with Crippen LogP contribution in [0.5, 0.6) is 0 Å². The molecule has 1 saturated heterocycles. The van der Waals surface area contributed by atoms with Crippen molar-refractivity contribution in [2.45, 2.75) is 58.4 Å². The van der Waals surface area contributed by atoms with E-state index in [1.165, 1.54) is 0 Å². The molecular weight excluding hydrogens is 581 g/mol. The third kappa shape index (κ3) is 10.5. The van der Waals surface area contributed by atoms with Crippen LogP contribution >= 0.6 is 27.5 Å². The van der Waals surface area contributed by atoms with Gasteiger partial charge in [0.15, 0.2) is 0 Å². The number of amides is 2. The number of nitrogens with one attached hydrogen (secondary N) is 2. The van der Waals surface area contributed by atoms with Crippen molar-refractivity contribution < 1.29 is 18.9 Å². The van der Waals surface area contributed by atoms with Crippen LogP contribution in [-0.2, 0) is 20.5 Å². The van der Waals surface area contributed by atoms with Gasteiger partial charge in [0.25, 0.3) is 5.91 Å². The van der Waals surface area contributed by atoms with Gasteiger partial charge in [0.2, 0.25) is 5.91 Å². The molecule has 0 aliphatic carbocycles. The smallest absolute Gasteiger partial charge is 0.408 e. The molecule has 1 fully saturated rings. The monoisotopic (exact) mass is 619 g/mol. The molecule has 212 valence electrons. The molecule has 0 aromatic heterocycles. The Morgan fingerprint density at radius 3 is 2.41 bits per heavy atom. The quantitative estimate of drug-likeness (QED) is 0.321. The summed E-state index contributed by atoms with van der Waals surface area (Å²) in [4.78, 5) is 29.3. The van der Waals surface area contributed by atoms with Crippen LogP contribution in [0.4, 0.5) is 0 Å². The Morgan fingerprint density at radius 1 is 1.08 bits per heavy atom. The average molecular weight is 621 g/mol. The lowest BCUT2D eigenvalue weighted by molar-refractivity contribution is -0.123. The Balaban J connectivity index is 1.75. The molecule has 2 N–H and O–H groups in total. The standard InChI is InChI=1S/C29H40BBrClN3O4/c1-4-5-13-35-14-16-38-30(39-17-15-35)27(18-21(2)3)34-29(37)26(19-22-9-7-6-8-10-22)33-28(36)24-20-23(32)11-12-25(24)31/h6-12,20-21,26-27H,4-5,13-19H2,1-3H3,(H,33,36)(H,34,37)/t26-,27-/m0/s1. The zero-order chi connectivity index (χ0) is 28.2. The number of carbonyl (C=O) groups excluding carboxylic acids is 2. The van der Waals surface area contributed by atoms with Crippen LogP contribution in [0.2, 0.25) is 5.02 Å². The molecule has 0 saturated carbocycles. The summed E-state index contributed by atoms with van der Waals surface area (Å²) in [6.45, 7) is 10.2. The number of hydrogen-bond acceptors (Lipinski definition) is 5. The maximum atomic E-state index is 13.7. The first kappa shape index (κ1) is 31.6. The topological polar surface area (TPSA) is 79.9 Å². The Kier molecular flexibility index (Phi) is 13.3. The lowest BCUT2D eigenvalue weighted by Crippen LogP contribution is -2.57. The van der Waals surface area contributed by atoms with Gasteiger partial charge in [0.1, 0.15) is 6.04 Å². The summed E-state index contributed by atoms with van der Waals surface area (Å²) in [5.74, 6) is -0.715. The number of unbranched alkanes of at least 4 members (excludes halogenated alkanes) is 1. The van der Waals surface area contributed by atoms with Crippen LogP contribution in [0, 0.1) is 5.92 Å². The first-order chi connectivity index (χ1) is 18.8. The molecule has 39 heavy (non-hydrogen) atoms. The number of carbonyl (C=O) groups is 2. The van der Waals surface area contributed by atoms with Crippen LogP contribution in [0.15, 0.2) is 53.0 Å². The van der Waals surface area contributed by atoms with E-state index in [2.05, 4.69) is 52.2 Å². The highest BCUT2D eigenvalue weighted by molar-refractivity contribution is 9.10. The highest BCUT2D eigenvalue weighted by Crippen LogP contribution is 2.21. The van der Waals surface area contributed by atoms with Gasteiger partial charge in [-0.15, -0.1) is 0 Å². The van der Waals surface area contributed by atoms with Gasteiger partial charge in [0, 0.05) is 42.2 Å². The van der Waals surface area contributed by atoms with Gasteiger partial charge in [-0.25, -0.2) is 0 Å². The molecule has 3 rings (SSSR count). The Labute approximate surface area is 246 Å². The minimum atomic E-state index is -0.807. The number of rotatable bonds is 12. The number of nitrogens with zero attached hydrogens (tertiary/aromatic N) is 1. The van der Waals surface area contributed by atoms with Crippen LogP contribution in [0.25, 0.3) is 0 Å². The number of halogens is 2. The molecule has 1 aliphatic rings. The van der Waals surface area contributed by atoms with E-state index in [1.807, 2.05) is 30.3 Å². The molecule has 2 aromatic rings. The van der Waals surface area contributed by atoms with Gasteiger partial charge < -0.3 is 19.9 Å². The van der Waals surface area contributed by atoms with E-state index in [1.54, 1.807) is 18.2 Å². The Bertz CT molecular complexity index is 1050. The SMILES string of the molecule is CCCCN1CCOB([C@H](CC(C)C)NC(=O)[C@H](Cc2ccccc2)NC(=O)c2cc(Cl)ccc2Br)OCC1. The van der Waals surface area contributed by atoms with Crippen molar-refractivity contribution in [2.24, 2.45) is 5.92 Å². The fourth-order valence-corrected chi connectivity index (χ4v) is 5.19. The highest BCUT2D eigenvalue weighted by Gasteiger charge is 2.35. The van der Waals surface area contributed by atoms with E-state index < -0.39 is 13.2 Å². The molecule has 7 nitrogen and oxygen atoms in total. The van der Waals surface area contributed by atoms with Gasteiger partial charge in [-0.05, 0) is 65.0 Å². The van der Waals surface area contributed by atoms with E-state index in [0.29, 0.717) is 47.0 Å². The van der Waals surface area contributed by atoms with Crippen LogP contribution < -0.4 is 10.6 Å². The Hall–Kier alpha value is -1.91. The summed E-state index contributed by atoms with van der Waals surface area (Å²) in [7, 11) is -0.556. The molecule has 0 radical (unpaired) electrons. The normalized spacial score (nSPS) is 16.3. The van der Waals surface area contributed by atoms with Gasteiger partial charge in [0.05, 0.1) is 11.5 Å². The molecule has 2 amide bonds. The molecule has 2 atom stereocenters. The average Bonchev–Trinajstić information content (AvgIpc) is 2.89. The zero-order valence-corrected chi connectivity index (χ0v) is 25.5. The third-order valence-corrected chi connectivity index (χ3v) is 7.59. The highest BCUT2D eigenvalue weighted by atomic mass is 79.9. The van der Waals surface area contributed by atoms with E-state index in [4.69, 9.17) is 20.9 Å². The fraction of sp³-hybridized carbons (Fsp3) is 0.517. The summed E-state index contributed by atoms with van der Waals surface area (Å²) in [6.07, 6.45) is 3.32. The van der Waals surface area contributed by atoms with Crippen molar-refractivity contribution >= 4 is 46.5 Å². The number of hydrogen-bond donors (Lipinski definition) is 2. The van der Waals surface area contributed by atoms with Crippen molar-refractivity contribution in [3.05, 3.63) is 69.2 Å². The molecule has 0 unspecified atom stereocenters. The minimum absolute atomic E-state index is 0.283. The second-order valence-electron chi connectivity index (χ2n) is 10.4. The van der Waals surface area contributed by atoms with E-state index in [0.717, 1.165) is 38.0 Å². The summed E-state index contributed by atoms with van der Waals surface area (Å²) in [5, 5.41) is 6.53. The maximum Gasteiger partial charge on any atom is 0.480 e. The summed E-state index contributed by atoms with van der Waals surface area (Å²) in [5.41, 5.74) is 1.31. The van der Waals surface area contributed by atoms with Crippen molar-refractivity contribution in [2.75, 3.05) is 32.8 Å². The van der Waals surface area contributed by atoms with Crippen molar-refractivity contribution in [1.82, 2.24) is 15.5 Å². The second kappa shape index (κ2) is 16.4. The second-order valence-corrected chi connectivity index (χ2v) is 11.7. The van der Waals surface area contributed by atoms with Crippen molar-refractivity contribution in [3.8, 4) is 0 Å². The van der Waals surface area contributed by atoms with Gasteiger partial charge in [-0.3, -0.25) is 14.5 Å². The lowest BCUT2D eigenvalue weighted by atomic mass is 9.73. The van der Waals surface area contributed by atoms with Crippen molar-refractivity contribution in [1.29, 1.82) is 0 Å². The molecule has 1 aliphatic heterocycles. The van der Waals surface area contributed by atoms with Crippen LogP contribution in [0.1, 0.15) is 56.0 Å². The van der Waals surface area contributed by atoms with Crippen LogP contribution in [-0.4, -0.2) is 68.7 Å².